The summed E-state index contributed by atoms with van der Waals surface area (Å²) in [5, 5.41) is 5.55. The summed E-state index contributed by atoms with van der Waals surface area (Å²) in [6.07, 6.45) is 4.86. The maximum Gasteiger partial charge on any atom is 0.317 e. The van der Waals surface area contributed by atoms with Gasteiger partial charge in [-0.2, -0.15) is 0 Å². The van der Waals surface area contributed by atoms with Crippen molar-refractivity contribution in [2.75, 3.05) is 20.1 Å². The van der Waals surface area contributed by atoms with Gasteiger partial charge in [0.2, 0.25) is 5.91 Å². The monoisotopic (exact) mass is 276 g/mol. The molecule has 3 amide bonds. The van der Waals surface area contributed by atoms with E-state index in [9.17, 15) is 9.59 Å². The van der Waals surface area contributed by atoms with Gasteiger partial charge < -0.3 is 15.5 Å². The quantitative estimate of drug-likeness (QED) is 0.855. The van der Waals surface area contributed by atoms with E-state index in [1.807, 2.05) is 12.1 Å². The lowest BCUT2D eigenvalue weighted by Gasteiger charge is -2.30. The number of carbonyl (C=O) groups excluding carboxylic acids is 2. The fraction of sp³-hybridized carbons (Fsp3) is 0.500. The van der Waals surface area contributed by atoms with Gasteiger partial charge in [-0.05, 0) is 30.5 Å². The molecule has 1 saturated heterocycles. The number of hydrogen-bond donors (Lipinski definition) is 2. The number of pyridine rings is 1. The van der Waals surface area contributed by atoms with Crippen molar-refractivity contribution in [2.24, 2.45) is 5.92 Å². The third kappa shape index (κ3) is 3.69. The van der Waals surface area contributed by atoms with Crippen LogP contribution in [0.1, 0.15) is 18.4 Å². The maximum absolute atomic E-state index is 12.1. The minimum Gasteiger partial charge on any atom is -0.352 e. The van der Waals surface area contributed by atoms with Crippen LogP contribution in [0, 0.1) is 5.92 Å². The molecule has 0 bridgehead atoms. The minimum absolute atomic E-state index is 0.00209. The fourth-order valence-corrected chi connectivity index (χ4v) is 2.34. The zero-order chi connectivity index (χ0) is 14.4. The molecule has 0 unspecified atom stereocenters. The number of aromatic nitrogens is 1. The number of amides is 3. The SMILES string of the molecule is CNC(=O)N1CCC(C(=O)NCc2ccncc2)CC1. The van der Waals surface area contributed by atoms with Crippen LogP contribution >= 0.6 is 0 Å². The molecule has 1 aromatic heterocycles. The summed E-state index contributed by atoms with van der Waals surface area (Å²) in [6.45, 7) is 1.79. The highest BCUT2D eigenvalue weighted by Gasteiger charge is 2.26. The predicted octanol–water partition coefficient (Wildman–Crippen LogP) is 0.749. The van der Waals surface area contributed by atoms with Gasteiger partial charge in [0.25, 0.3) is 0 Å². The zero-order valence-electron chi connectivity index (χ0n) is 11.6. The zero-order valence-corrected chi connectivity index (χ0v) is 11.6. The van der Waals surface area contributed by atoms with Gasteiger partial charge in [0.05, 0.1) is 0 Å². The van der Waals surface area contributed by atoms with Gasteiger partial charge in [0, 0.05) is 45.0 Å². The van der Waals surface area contributed by atoms with Crippen LogP contribution in [0.5, 0.6) is 0 Å². The van der Waals surface area contributed by atoms with E-state index in [1.54, 1.807) is 24.3 Å². The van der Waals surface area contributed by atoms with Crippen LogP contribution < -0.4 is 10.6 Å². The van der Waals surface area contributed by atoms with Gasteiger partial charge in [-0.3, -0.25) is 9.78 Å². The van der Waals surface area contributed by atoms with E-state index in [0.29, 0.717) is 19.6 Å². The molecule has 6 heteroatoms. The maximum atomic E-state index is 12.1. The number of nitrogens with one attached hydrogen (secondary N) is 2. The first-order valence-corrected chi connectivity index (χ1v) is 6.84. The van der Waals surface area contributed by atoms with Crippen molar-refractivity contribution < 1.29 is 9.59 Å². The molecule has 0 aliphatic carbocycles. The Kier molecular flexibility index (Phi) is 4.92. The average molecular weight is 276 g/mol. The Bertz CT molecular complexity index is 456. The van der Waals surface area contributed by atoms with Crippen LogP contribution in [0.4, 0.5) is 4.79 Å². The number of carbonyl (C=O) groups is 2. The Balaban J connectivity index is 1.76. The van der Waals surface area contributed by atoms with Crippen molar-refractivity contribution in [1.82, 2.24) is 20.5 Å². The highest BCUT2D eigenvalue weighted by atomic mass is 16.2. The summed E-state index contributed by atoms with van der Waals surface area (Å²) in [7, 11) is 1.62. The summed E-state index contributed by atoms with van der Waals surface area (Å²) < 4.78 is 0. The van der Waals surface area contributed by atoms with Gasteiger partial charge in [-0.25, -0.2) is 4.79 Å². The Morgan fingerprint density at radius 2 is 1.95 bits per heavy atom. The second-order valence-electron chi connectivity index (χ2n) is 4.89. The van der Waals surface area contributed by atoms with Crippen LogP contribution in [0.25, 0.3) is 0 Å². The van der Waals surface area contributed by atoms with Gasteiger partial charge in [0.15, 0.2) is 0 Å². The van der Waals surface area contributed by atoms with E-state index >= 15 is 0 Å². The van der Waals surface area contributed by atoms with Crippen molar-refractivity contribution in [3.8, 4) is 0 Å². The lowest BCUT2D eigenvalue weighted by atomic mass is 9.96. The van der Waals surface area contributed by atoms with Gasteiger partial charge in [0.1, 0.15) is 0 Å². The molecular weight excluding hydrogens is 256 g/mol. The molecule has 0 spiro atoms. The predicted molar refractivity (Wildman–Crippen MR) is 74.8 cm³/mol. The van der Waals surface area contributed by atoms with Gasteiger partial charge in [-0.15, -0.1) is 0 Å². The molecule has 1 aliphatic rings. The molecule has 1 fully saturated rings. The smallest absolute Gasteiger partial charge is 0.317 e. The molecule has 0 saturated carbocycles. The highest BCUT2D eigenvalue weighted by molar-refractivity contribution is 5.79. The van der Waals surface area contributed by atoms with E-state index in [1.165, 1.54) is 0 Å². The Labute approximate surface area is 118 Å². The van der Waals surface area contributed by atoms with E-state index in [0.717, 1.165) is 18.4 Å². The lowest BCUT2D eigenvalue weighted by Crippen LogP contribution is -2.45. The molecule has 1 aromatic rings. The number of likely N-dealkylation sites (tertiary alicyclic amines) is 1. The molecule has 2 rings (SSSR count). The Morgan fingerprint density at radius 1 is 1.30 bits per heavy atom. The molecule has 20 heavy (non-hydrogen) atoms. The van der Waals surface area contributed by atoms with Crippen molar-refractivity contribution in [2.45, 2.75) is 19.4 Å². The summed E-state index contributed by atoms with van der Waals surface area (Å²) in [6, 6.07) is 3.70. The normalized spacial score (nSPS) is 15.8. The number of rotatable bonds is 3. The largest absolute Gasteiger partial charge is 0.352 e. The van der Waals surface area contributed by atoms with E-state index < -0.39 is 0 Å². The lowest BCUT2D eigenvalue weighted by molar-refractivity contribution is -0.126. The Hall–Kier alpha value is -2.11. The molecule has 0 radical (unpaired) electrons. The standard InChI is InChI=1S/C14H20N4O2/c1-15-14(20)18-8-4-12(5-9-18)13(19)17-10-11-2-6-16-7-3-11/h2-3,6-7,12H,4-5,8-10H2,1H3,(H,15,20)(H,17,19). The molecule has 6 nitrogen and oxygen atoms in total. The topological polar surface area (TPSA) is 74.3 Å². The third-order valence-electron chi connectivity index (χ3n) is 3.58. The van der Waals surface area contributed by atoms with Crippen molar-refractivity contribution in [3.05, 3.63) is 30.1 Å². The summed E-state index contributed by atoms with van der Waals surface area (Å²) >= 11 is 0. The number of urea groups is 1. The molecular formula is C14H20N4O2. The number of hydrogen-bond acceptors (Lipinski definition) is 3. The van der Waals surface area contributed by atoms with Crippen LogP contribution in [-0.2, 0) is 11.3 Å². The van der Waals surface area contributed by atoms with Crippen LogP contribution in [0.3, 0.4) is 0 Å². The summed E-state index contributed by atoms with van der Waals surface area (Å²) in [5.74, 6) is 0.0658. The first-order valence-electron chi connectivity index (χ1n) is 6.84. The first kappa shape index (κ1) is 14.3. The van der Waals surface area contributed by atoms with Crippen molar-refractivity contribution in [3.63, 3.8) is 0 Å². The summed E-state index contributed by atoms with van der Waals surface area (Å²) in [4.78, 5) is 29.2. The molecule has 0 aromatic carbocycles. The number of piperidine rings is 1. The van der Waals surface area contributed by atoms with Gasteiger partial charge in [-0.1, -0.05) is 0 Å². The first-order chi connectivity index (χ1) is 9.70. The summed E-state index contributed by atoms with van der Waals surface area (Å²) in [5.41, 5.74) is 1.04. The second-order valence-corrected chi connectivity index (χ2v) is 4.89. The Morgan fingerprint density at radius 3 is 2.55 bits per heavy atom. The van der Waals surface area contributed by atoms with Gasteiger partial charge >= 0.3 is 6.03 Å². The molecule has 1 aliphatic heterocycles. The van der Waals surface area contributed by atoms with E-state index in [-0.39, 0.29) is 17.9 Å². The average Bonchev–Trinajstić information content (AvgIpc) is 2.53. The number of nitrogens with zero attached hydrogens (tertiary/aromatic N) is 2. The second kappa shape index (κ2) is 6.88. The molecule has 2 N–H and O–H groups in total. The van der Waals surface area contributed by atoms with Crippen molar-refractivity contribution in [1.29, 1.82) is 0 Å². The van der Waals surface area contributed by atoms with Crippen LogP contribution in [0.15, 0.2) is 24.5 Å². The molecule has 0 atom stereocenters. The third-order valence-corrected chi connectivity index (χ3v) is 3.58. The molecule has 2 heterocycles. The minimum atomic E-state index is -0.0688. The fourth-order valence-electron chi connectivity index (χ4n) is 2.34. The van der Waals surface area contributed by atoms with Crippen molar-refractivity contribution >= 4 is 11.9 Å². The van der Waals surface area contributed by atoms with E-state index in [4.69, 9.17) is 0 Å². The molecule has 108 valence electrons. The van der Waals surface area contributed by atoms with Crippen LogP contribution in [0.2, 0.25) is 0 Å². The van der Waals surface area contributed by atoms with Crippen LogP contribution in [-0.4, -0.2) is 42.0 Å². The van der Waals surface area contributed by atoms with E-state index in [2.05, 4.69) is 15.6 Å². The highest BCUT2D eigenvalue weighted by Crippen LogP contribution is 2.17.